The van der Waals surface area contributed by atoms with Gasteiger partial charge in [-0.3, -0.25) is 4.79 Å². The molecule has 1 aromatic carbocycles. The van der Waals surface area contributed by atoms with Gasteiger partial charge in [0, 0.05) is 22.0 Å². The van der Waals surface area contributed by atoms with Crippen molar-refractivity contribution in [2.45, 2.75) is 13.3 Å². The molecule has 1 N–H and O–H groups in total. The van der Waals surface area contributed by atoms with Crippen LogP contribution in [0, 0.1) is 6.92 Å². The van der Waals surface area contributed by atoms with Crippen molar-refractivity contribution in [2.24, 2.45) is 0 Å². The number of hydrogen-bond donors (Lipinski definition) is 1. The number of carbonyl (C=O) groups excluding carboxylic acids is 3. The van der Waals surface area contributed by atoms with Gasteiger partial charge in [0.1, 0.15) is 5.15 Å². The normalized spacial score (nSPS) is 10.3. The van der Waals surface area contributed by atoms with Crippen molar-refractivity contribution in [1.29, 1.82) is 0 Å². The summed E-state index contributed by atoms with van der Waals surface area (Å²) in [5, 5.41) is 3.05. The zero-order valence-corrected chi connectivity index (χ0v) is 16.3. The van der Waals surface area contributed by atoms with Crippen LogP contribution in [0.25, 0.3) is 0 Å². The van der Waals surface area contributed by atoms with E-state index in [-0.39, 0.29) is 28.4 Å². The number of pyridine rings is 1. The lowest BCUT2D eigenvalue weighted by Gasteiger charge is -2.11. The molecule has 0 radical (unpaired) electrons. The minimum atomic E-state index is -0.662. The summed E-state index contributed by atoms with van der Waals surface area (Å²) in [6, 6.07) is 5.67. The second-order valence-electron chi connectivity index (χ2n) is 5.52. The molecule has 2 aromatic rings. The van der Waals surface area contributed by atoms with E-state index in [0.717, 1.165) is 0 Å². The highest BCUT2D eigenvalue weighted by Gasteiger charge is 2.17. The molecule has 1 amide bonds. The van der Waals surface area contributed by atoms with Crippen LogP contribution in [0.2, 0.25) is 10.2 Å². The smallest absolute Gasteiger partial charge is 0.337 e. The van der Waals surface area contributed by atoms with E-state index in [4.69, 9.17) is 23.2 Å². The fourth-order valence-corrected chi connectivity index (χ4v) is 2.98. The van der Waals surface area contributed by atoms with E-state index in [0.29, 0.717) is 16.3 Å². The fraction of sp³-hybridized carbons (Fsp3) is 0.222. The molecular weight excluding hydrogens is 395 g/mol. The highest BCUT2D eigenvalue weighted by atomic mass is 35.5. The van der Waals surface area contributed by atoms with Crippen LogP contribution in [0.4, 0.5) is 5.69 Å². The second-order valence-corrected chi connectivity index (χ2v) is 6.29. The van der Waals surface area contributed by atoms with Gasteiger partial charge in [0.15, 0.2) is 0 Å². The Hall–Kier alpha value is -2.64. The summed E-state index contributed by atoms with van der Waals surface area (Å²) in [5.41, 5.74) is 1.39. The number of carbonyl (C=O) groups is 3. The third-order valence-corrected chi connectivity index (χ3v) is 4.19. The van der Waals surface area contributed by atoms with E-state index >= 15 is 0 Å². The van der Waals surface area contributed by atoms with Gasteiger partial charge in [-0.1, -0.05) is 23.2 Å². The lowest BCUT2D eigenvalue weighted by atomic mass is 10.1. The first-order chi connectivity index (χ1) is 12.7. The van der Waals surface area contributed by atoms with Gasteiger partial charge in [-0.2, -0.15) is 0 Å². The van der Waals surface area contributed by atoms with Crippen molar-refractivity contribution < 1.29 is 23.9 Å². The van der Waals surface area contributed by atoms with E-state index in [1.54, 1.807) is 13.0 Å². The SMILES string of the molecule is COC(=O)c1cc(NC(=O)Cc2c(Cl)cc(C)nc2Cl)cc(C(=O)OC)c1. The Labute approximate surface area is 165 Å². The minimum Gasteiger partial charge on any atom is -0.465 e. The van der Waals surface area contributed by atoms with Crippen LogP contribution >= 0.6 is 23.2 Å². The summed E-state index contributed by atoms with van der Waals surface area (Å²) >= 11 is 12.2. The summed E-state index contributed by atoms with van der Waals surface area (Å²) in [7, 11) is 2.42. The molecule has 1 aromatic heterocycles. The van der Waals surface area contributed by atoms with E-state index in [2.05, 4.69) is 19.8 Å². The predicted molar refractivity (Wildman–Crippen MR) is 100 cm³/mol. The average Bonchev–Trinajstić information content (AvgIpc) is 2.62. The molecule has 7 nitrogen and oxygen atoms in total. The van der Waals surface area contributed by atoms with Crippen LogP contribution in [-0.2, 0) is 20.7 Å². The third-order valence-electron chi connectivity index (χ3n) is 3.54. The third kappa shape index (κ3) is 5.18. The van der Waals surface area contributed by atoms with Crippen LogP contribution < -0.4 is 5.32 Å². The van der Waals surface area contributed by atoms with Crippen molar-refractivity contribution in [2.75, 3.05) is 19.5 Å². The molecule has 0 fully saturated rings. The number of ether oxygens (including phenoxy) is 2. The van der Waals surface area contributed by atoms with Crippen molar-refractivity contribution in [3.8, 4) is 0 Å². The zero-order chi connectivity index (χ0) is 20.1. The zero-order valence-electron chi connectivity index (χ0n) is 14.8. The largest absolute Gasteiger partial charge is 0.465 e. The number of amides is 1. The number of anilines is 1. The topological polar surface area (TPSA) is 94.6 Å². The van der Waals surface area contributed by atoms with Gasteiger partial charge in [-0.15, -0.1) is 0 Å². The lowest BCUT2D eigenvalue weighted by molar-refractivity contribution is -0.115. The van der Waals surface area contributed by atoms with Gasteiger partial charge in [-0.05, 0) is 31.2 Å². The van der Waals surface area contributed by atoms with Gasteiger partial charge in [0.05, 0.1) is 31.8 Å². The van der Waals surface area contributed by atoms with Crippen molar-refractivity contribution in [3.63, 3.8) is 0 Å². The van der Waals surface area contributed by atoms with Gasteiger partial charge in [0.25, 0.3) is 0 Å². The van der Waals surface area contributed by atoms with Crippen molar-refractivity contribution >= 4 is 46.7 Å². The van der Waals surface area contributed by atoms with Crippen LogP contribution in [0.15, 0.2) is 24.3 Å². The predicted octanol–water partition coefficient (Wildman–Crippen LogP) is 3.45. The molecule has 0 aliphatic carbocycles. The van der Waals surface area contributed by atoms with E-state index in [9.17, 15) is 14.4 Å². The molecule has 142 valence electrons. The number of benzene rings is 1. The van der Waals surface area contributed by atoms with Crippen molar-refractivity contribution in [1.82, 2.24) is 4.98 Å². The summed E-state index contributed by atoms with van der Waals surface area (Å²) in [5.74, 6) is -1.78. The standard InChI is InChI=1S/C18H16Cl2N2O5/c1-9-4-14(19)13(16(20)21-9)8-15(23)22-12-6-10(17(24)26-2)5-11(7-12)18(25)27-3/h4-7H,8H2,1-3H3,(H,22,23). The number of hydrogen-bond acceptors (Lipinski definition) is 6. The molecule has 0 unspecified atom stereocenters. The molecule has 0 spiro atoms. The van der Waals surface area contributed by atoms with Crippen LogP contribution in [0.3, 0.4) is 0 Å². The number of halogens is 2. The number of esters is 2. The van der Waals surface area contributed by atoms with Crippen LogP contribution in [-0.4, -0.2) is 37.0 Å². The maximum atomic E-state index is 12.4. The number of methoxy groups -OCH3 is 2. The second kappa shape index (κ2) is 8.83. The van der Waals surface area contributed by atoms with Gasteiger partial charge in [0.2, 0.25) is 5.91 Å². The number of rotatable bonds is 5. The van der Waals surface area contributed by atoms with Crippen LogP contribution in [0.1, 0.15) is 32.0 Å². The summed E-state index contributed by atoms with van der Waals surface area (Å²) in [6.07, 6.45) is -0.138. The maximum absolute atomic E-state index is 12.4. The average molecular weight is 411 g/mol. The van der Waals surface area contributed by atoms with Gasteiger partial charge >= 0.3 is 11.9 Å². The Bertz CT molecular complexity index is 857. The quantitative estimate of drug-likeness (QED) is 0.598. The van der Waals surface area contributed by atoms with Gasteiger partial charge in [-0.25, -0.2) is 14.6 Å². The maximum Gasteiger partial charge on any atom is 0.337 e. The first-order valence-corrected chi connectivity index (χ1v) is 8.43. The van der Waals surface area contributed by atoms with Crippen molar-refractivity contribution in [3.05, 3.63) is 56.8 Å². The molecule has 0 aliphatic rings. The number of aryl methyl sites for hydroxylation is 1. The first-order valence-electron chi connectivity index (χ1n) is 7.68. The highest BCUT2D eigenvalue weighted by molar-refractivity contribution is 6.35. The number of nitrogens with one attached hydrogen (secondary N) is 1. The van der Waals surface area contributed by atoms with Gasteiger partial charge < -0.3 is 14.8 Å². The summed E-state index contributed by atoms with van der Waals surface area (Å²) in [4.78, 5) is 40.0. The highest BCUT2D eigenvalue weighted by Crippen LogP contribution is 2.25. The molecule has 0 saturated heterocycles. The first kappa shape index (κ1) is 20.7. The Morgan fingerprint density at radius 2 is 1.56 bits per heavy atom. The molecule has 1 heterocycles. The molecular formula is C18H16Cl2N2O5. The molecule has 2 rings (SSSR count). The number of aromatic nitrogens is 1. The summed E-state index contributed by atoms with van der Waals surface area (Å²) < 4.78 is 9.31. The molecule has 0 aliphatic heterocycles. The Morgan fingerprint density at radius 1 is 1.00 bits per heavy atom. The Balaban J connectivity index is 2.29. The minimum absolute atomic E-state index is 0.0868. The molecule has 9 heteroatoms. The Morgan fingerprint density at radius 3 is 2.04 bits per heavy atom. The summed E-state index contributed by atoms with van der Waals surface area (Å²) in [6.45, 7) is 1.73. The molecule has 27 heavy (non-hydrogen) atoms. The van der Waals surface area contributed by atoms with E-state index < -0.39 is 17.8 Å². The molecule has 0 saturated carbocycles. The van der Waals surface area contributed by atoms with E-state index in [1.807, 2.05) is 0 Å². The van der Waals surface area contributed by atoms with Crippen LogP contribution in [0.5, 0.6) is 0 Å². The Kier molecular flexibility index (Phi) is 6.76. The molecule has 0 atom stereocenters. The lowest BCUT2D eigenvalue weighted by Crippen LogP contribution is -2.17. The number of nitrogens with zero attached hydrogens (tertiary/aromatic N) is 1. The van der Waals surface area contributed by atoms with E-state index in [1.165, 1.54) is 32.4 Å². The monoisotopic (exact) mass is 410 g/mol. The fourth-order valence-electron chi connectivity index (χ4n) is 2.32. The molecule has 0 bridgehead atoms.